The van der Waals surface area contributed by atoms with Crippen LogP contribution in [0.4, 0.5) is 18.9 Å². The summed E-state index contributed by atoms with van der Waals surface area (Å²) < 4.78 is 38.2. The number of aromatic nitrogens is 1. The molecule has 104 valence electrons. The number of rotatable bonds is 3. The summed E-state index contributed by atoms with van der Waals surface area (Å²) in [4.78, 5) is 5.88. The van der Waals surface area contributed by atoms with E-state index >= 15 is 0 Å². The molecule has 1 aromatic heterocycles. The van der Waals surface area contributed by atoms with E-state index in [9.17, 15) is 13.2 Å². The highest BCUT2D eigenvalue weighted by atomic mass is 19.4. The van der Waals surface area contributed by atoms with E-state index < -0.39 is 11.7 Å². The largest absolute Gasteiger partial charge is 0.417 e. The number of fused-ring (bicyclic) bond motifs is 1. The predicted molar refractivity (Wildman–Crippen MR) is 65.9 cm³/mol. The van der Waals surface area contributed by atoms with Crippen molar-refractivity contribution in [2.45, 2.75) is 31.1 Å². The summed E-state index contributed by atoms with van der Waals surface area (Å²) >= 11 is 0. The maximum atomic E-state index is 12.7. The minimum Gasteiger partial charge on any atom is -0.363 e. The Kier molecular flexibility index (Phi) is 2.92. The normalized spacial score (nSPS) is 29.5. The third kappa shape index (κ3) is 2.29. The molecule has 1 saturated heterocycles. The van der Waals surface area contributed by atoms with E-state index in [1.54, 1.807) is 6.20 Å². The first kappa shape index (κ1) is 12.7. The molecule has 3 unspecified atom stereocenters. The molecule has 2 fully saturated rings. The fourth-order valence-electron chi connectivity index (χ4n) is 3.10. The molecule has 19 heavy (non-hydrogen) atoms. The highest BCUT2D eigenvalue weighted by molar-refractivity contribution is 5.52. The lowest BCUT2D eigenvalue weighted by molar-refractivity contribution is -0.137. The van der Waals surface area contributed by atoms with Gasteiger partial charge in [-0.15, -0.1) is 0 Å². The highest BCUT2D eigenvalue weighted by Crippen LogP contribution is 2.49. The molecule has 1 N–H and O–H groups in total. The van der Waals surface area contributed by atoms with Gasteiger partial charge in [0.2, 0.25) is 0 Å². The van der Waals surface area contributed by atoms with Crippen molar-refractivity contribution in [1.29, 1.82) is 0 Å². The molecule has 0 spiro atoms. The van der Waals surface area contributed by atoms with E-state index in [2.05, 4.69) is 15.2 Å². The summed E-state index contributed by atoms with van der Waals surface area (Å²) in [6.45, 7) is 0.795. The predicted octanol–water partition coefficient (Wildman–Crippen LogP) is 2.29. The number of alkyl halides is 3. The number of nitrogens with one attached hydrogen (secondary N) is 1. The smallest absolute Gasteiger partial charge is 0.363 e. The van der Waals surface area contributed by atoms with Crippen LogP contribution in [0.5, 0.6) is 0 Å². The van der Waals surface area contributed by atoms with Crippen molar-refractivity contribution in [2.75, 3.05) is 18.5 Å². The van der Waals surface area contributed by atoms with Crippen molar-refractivity contribution in [3.63, 3.8) is 0 Å². The molecular weight excluding hydrogens is 255 g/mol. The Morgan fingerprint density at radius 2 is 2.16 bits per heavy atom. The van der Waals surface area contributed by atoms with Gasteiger partial charge in [0.1, 0.15) is 0 Å². The van der Waals surface area contributed by atoms with Crippen LogP contribution in [0.2, 0.25) is 0 Å². The second-order valence-electron chi connectivity index (χ2n) is 5.35. The van der Waals surface area contributed by atoms with Crippen LogP contribution in [0.25, 0.3) is 0 Å². The minimum absolute atomic E-state index is 0.277. The molecule has 3 nitrogen and oxygen atoms in total. The SMILES string of the molecule is CNCC1CC2CC2N1c1cncc(C(F)(F)F)c1. The van der Waals surface area contributed by atoms with Crippen LogP contribution >= 0.6 is 0 Å². The minimum atomic E-state index is -4.33. The van der Waals surface area contributed by atoms with E-state index in [1.807, 2.05) is 7.05 Å². The third-order valence-electron chi connectivity index (χ3n) is 4.00. The summed E-state index contributed by atoms with van der Waals surface area (Å²) in [6, 6.07) is 1.90. The molecule has 2 heterocycles. The number of pyridine rings is 1. The molecule has 0 amide bonds. The summed E-state index contributed by atoms with van der Waals surface area (Å²) in [6.07, 6.45) is 0.248. The Bertz CT molecular complexity index is 474. The average Bonchev–Trinajstić information content (AvgIpc) is 3.01. The number of hydrogen-bond acceptors (Lipinski definition) is 3. The first-order valence-electron chi connectivity index (χ1n) is 6.46. The molecule has 0 bridgehead atoms. The fourth-order valence-corrected chi connectivity index (χ4v) is 3.10. The number of halogens is 3. The Balaban J connectivity index is 1.88. The van der Waals surface area contributed by atoms with Gasteiger partial charge < -0.3 is 10.2 Å². The molecule has 1 aromatic rings. The first-order valence-corrected chi connectivity index (χ1v) is 6.46. The summed E-state index contributed by atoms with van der Waals surface area (Å²) in [5, 5.41) is 3.11. The van der Waals surface area contributed by atoms with Gasteiger partial charge in [-0.1, -0.05) is 0 Å². The van der Waals surface area contributed by atoms with E-state index in [0.717, 1.165) is 25.6 Å². The van der Waals surface area contributed by atoms with Crippen molar-refractivity contribution in [3.8, 4) is 0 Å². The van der Waals surface area contributed by atoms with Crippen LogP contribution in [0.1, 0.15) is 18.4 Å². The van der Waals surface area contributed by atoms with E-state index in [0.29, 0.717) is 17.6 Å². The zero-order valence-corrected chi connectivity index (χ0v) is 10.6. The molecule has 3 atom stereocenters. The molecule has 6 heteroatoms. The van der Waals surface area contributed by atoms with Gasteiger partial charge in [-0.3, -0.25) is 4.98 Å². The van der Waals surface area contributed by atoms with Gasteiger partial charge in [-0.05, 0) is 31.9 Å². The summed E-state index contributed by atoms with van der Waals surface area (Å²) in [7, 11) is 1.87. The lowest BCUT2D eigenvalue weighted by Gasteiger charge is -2.29. The zero-order chi connectivity index (χ0) is 13.6. The third-order valence-corrected chi connectivity index (χ3v) is 4.00. The van der Waals surface area contributed by atoms with Gasteiger partial charge in [-0.2, -0.15) is 13.2 Å². The zero-order valence-electron chi connectivity index (χ0n) is 10.6. The van der Waals surface area contributed by atoms with Crippen molar-refractivity contribution in [1.82, 2.24) is 10.3 Å². The second kappa shape index (κ2) is 4.37. The first-order chi connectivity index (χ1) is 9.00. The number of likely N-dealkylation sites (N-methyl/N-ethyl adjacent to an activating group) is 1. The van der Waals surface area contributed by atoms with Crippen LogP contribution in [-0.2, 0) is 6.18 Å². The summed E-state index contributed by atoms with van der Waals surface area (Å²) in [5.41, 5.74) is -0.0719. The van der Waals surface area contributed by atoms with Crippen LogP contribution in [0, 0.1) is 5.92 Å². The van der Waals surface area contributed by atoms with Crippen molar-refractivity contribution in [3.05, 3.63) is 24.0 Å². The lowest BCUT2D eigenvalue weighted by atomic mass is 10.1. The number of anilines is 1. The number of nitrogens with zero attached hydrogens (tertiary/aromatic N) is 2. The van der Waals surface area contributed by atoms with E-state index in [-0.39, 0.29) is 6.04 Å². The van der Waals surface area contributed by atoms with Crippen molar-refractivity contribution in [2.24, 2.45) is 5.92 Å². The molecule has 0 radical (unpaired) electrons. The standard InChI is InChI=1S/C13H16F3N3/c1-17-6-10-2-8-3-12(8)19(10)11-4-9(5-18-7-11)13(14,15)16/h4-5,7-8,10,12,17H,2-3,6H2,1H3. The van der Waals surface area contributed by atoms with Crippen molar-refractivity contribution < 1.29 is 13.2 Å². The maximum absolute atomic E-state index is 12.7. The summed E-state index contributed by atoms with van der Waals surface area (Å²) in [5.74, 6) is 0.646. The number of piperidine rings is 1. The molecule has 1 saturated carbocycles. The van der Waals surface area contributed by atoms with E-state index in [4.69, 9.17) is 0 Å². The molecule has 1 aliphatic carbocycles. The van der Waals surface area contributed by atoms with Gasteiger partial charge in [0.25, 0.3) is 0 Å². The molecule has 2 aliphatic rings. The number of hydrogen-bond donors (Lipinski definition) is 1. The van der Waals surface area contributed by atoms with Crippen LogP contribution in [0.15, 0.2) is 18.5 Å². The Morgan fingerprint density at radius 1 is 1.37 bits per heavy atom. The molecular formula is C13H16F3N3. The lowest BCUT2D eigenvalue weighted by Crippen LogP contribution is -2.39. The van der Waals surface area contributed by atoms with Gasteiger partial charge in [0.05, 0.1) is 17.4 Å². The van der Waals surface area contributed by atoms with Crippen LogP contribution in [0.3, 0.4) is 0 Å². The quantitative estimate of drug-likeness (QED) is 0.914. The fraction of sp³-hybridized carbons (Fsp3) is 0.615. The molecule has 3 rings (SSSR count). The Labute approximate surface area is 109 Å². The average molecular weight is 271 g/mol. The Morgan fingerprint density at radius 3 is 2.84 bits per heavy atom. The monoisotopic (exact) mass is 271 g/mol. The molecule has 0 aromatic carbocycles. The van der Waals surface area contributed by atoms with Gasteiger partial charge >= 0.3 is 6.18 Å². The van der Waals surface area contributed by atoms with Crippen LogP contribution in [-0.4, -0.2) is 30.7 Å². The van der Waals surface area contributed by atoms with Crippen LogP contribution < -0.4 is 10.2 Å². The second-order valence-corrected chi connectivity index (χ2v) is 5.35. The van der Waals surface area contributed by atoms with Crippen molar-refractivity contribution >= 4 is 5.69 Å². The van der Waals surface area contributed by atoms with Gasteiger partial charge in [-0.25, -0.2) is 0 Å². The maximum Gasteiger partial charge on any atom is 0.417 e. The highest BCUT2D eigenvalue weighted by Gasteiger charge is 2.51. The Hall–Kier alpha value is -1.30. The topological polar surface area (TPSA) is 28.2 Å². The van der Waals surface area contributed by atoms with E-state index in [1.165, 1.54) is 6.07 Å². The molecule has 1 aliphatic heterocycles. The van der Waals surface area contributed by atoms with Gasteiger partial charge in [0.15, 0.2) is 0 Å². The van der Waals surface area contributed by atoms with Gasteiger partial charge in [0, 0.05) is 24.8 Å².